The van der Waals surface area contributed by atoms with Gasteiger partial charge in [-0.25, -0.2) is 0 Å². The van der Waals surface area contributed by atoms with Crippen molar-refractivity contribution >= 4 is 0 Å². The predicted molar refractivity (Wildman–Crippen MR) is 43.5 cm³/mol. The van der Waals surface area contributed by atoms with Crippen molar-refractivity contribution in [3.63, 3.8) is 0 Å². The maximum atomic E-state index is 5.31. The molecule has 1 aromatic heterocycles. The molecule has 1 aromatic rings. The summed E-state index contributed by atoms with van der Waals surface area (Å²) in [5.74, 6) is 2.66. The Morgan fingerprint density at radius 1 is 1.73 bits per heavy atom. The largest absolute Gasteiger partial charge is 0.469 e. The summed E-state index contributed by atoms with van der Waals surface area (Å²) in [6.45, 7) is 1.12. The zero-order chi connectivity index (χ0) is 7.68. The Balaban J connectivity index is 1.92. The summed E-state index contributed by atoms with van der Waals surface area (Å²) in [6.07, 6.45) is 3.04. The molecule has 0 saturated heterocycles. The minimum Gasteiger partial charge on any atom is -0.469 e. The fourth-order valence-corrected chi connectivity index (χ4v) is 1.59. The maximum Gasteiger partial charge on any atom is 0.107 e. The maximum absolute atomic E-state index is 5.31. The molecule has 0 unspecified atom stereocenters. The second-order valence-electron chi connectivity index (χ2n) is 3.18. The molecule has 1 aliphatic rings. The van der Waals surface area contributed by atoms with Crippen LogP contribution in [0.15, 0.2) is 22.8 Å². The summed E-state index contributed by atoms with van der Waals surface area (Å²) in [7, 11) is 2.00. The van der Waals surface area contributed by atoms with Gasteiger partial charge in [-0.3, -0.25) is 0 Å². The third-order valence-electron chi connectivity index (χ3n) is 2.30. The molecule has 2 atom stereocenters. The van der Waals surface area contributed by atoms with Crippen molar-refractivity contribution in [1.29, 1.82) is 0 Å². The lowest BCUT2D eigenvalue weighted by atomic mass is 10.2. The molecule has 1 N–H and O–H groups in total. The van der Waals surface area contributed by atoms with Crippen molar-refractivity contribution in [1.82, 2.24) is 5.32 Å². The molecule has 0 spiro atoms. The standard InChI is InChI=1S/C9H13NO/c1-10-6-7-5-8(7)9-3-2-4-11-9/h2-4,7-8,10H,5-6H2,1H3/t7-,8-/m0/s1. The highest BCUT2D eigenvalue weighted by atomic mass is 16.3. The highest BCUT2D eigenvalue weighted by molar-refractivity contribution is 5.15. The summed E-state index contributed by atoms with van der Waals surface area (Å²) >= 11 is 0. The van der Waals surface area contributed by atoms with Gasteiger partial charge in [0.15, 0.2) is 0 Å². The molecule has 1 heterocycles. The molecule has 0 radical (unpaired) electrons. The number of rotatable bonds is 3. The van der Waals surface area contributed by atoms with Gasteiger partial charge in [-0.2, -0.15) is 0 Å². The van der Waals surface area contributed by atoms with E-state index in [1.807, 2.05) is 13.1 Å². The summed E-state index contributed by atoms with van der Waals surface area (Å²) in [5.41, 5.74) is 0. The van der Waals surface area contributed by atoms with Crippen LogP contribution in [0.3, 0.4) is 0 Å². The molecule has 0 aromatic carbocycles. The van der Waals surface area contributed by atoms with Gasteiger partial charge in [0.1, 0.15) is 5.76 Å². The Labute approximate surface area is 66.6 Å². The lowest BCUT2D eigenvalue weighted by Gasteiger charge is -1.94. The van der Waals surface area contributed by atoms with Crippen LogP contribution >= 0.6 is 0 Å². The average Bonchev–Trinajstić information content (AvgIpc) is 2.61. The highest BCUT2D eigenvalue weighted by Gasteiger charge is 2.39. The van der Waals surface area contributed by atoms with Crippen molar-refractivity contribution in [2.24, 2.45) is 5.92 Å². The molecular weight excluding hydrogens is 138 g/mol. The highest BCUT2D eigenvalue weighted by Crippen LogP contribution is 2.46. The van der Waals surface area contributed by atoms with Crippen LogP contribution in [0.25, 0.3) is 0 Å². The van der Waals surface area contributed by atoms with Crippen LogP contribution in [0.4, 0.5) is 0 Å². The molecule has 2 heteroatoms. The lowest BCUT2D eigenvalue weighted by molar-refractivity contribution is 0.501. The van der Waals surface area contributed by atoms with E-state index in [2.05, 4.69) is 11.4 Å². The first-order valence-corrected chi connectivity index (χ1v) is 4.10. The zero-order valence-electron chi connectivity index (χ0n) is 6.71. The van der Waals surface area contributed by atoms with Crippen LogP contribution < -0.4 is 5.32 Å². The van der Waals surface area contributed by atoms with Crippen LogP contribution in [0.2, 0.25) is 0 Å². The normalized spacial score (nSPS) is 28.8. The van der Waals surface area contributed by atoms with E-state index in [1.54, 1.807) is 6.26 Å². The summed E-state index contributed by atoms with van der Waals surface area (Å²) in [4.78, 5) is 0. The van der Waals surface area contributed by atoms with Crippen molar-refractivity contribution in [2.45, 2.75) is 12.3 Å². The second-order valence-corrected chi connectivity index (χ2v) is 3.18. The van der Waals surface area contributed by atoms with Crippen LogP contribution in [-0.2, 0) is 0 Å². The molecule has 2 nitrogen and oxygen atoms in total. The molecule has 1 saturated carbocycles. The molecule has 11 heavy (non-hydrogen) atoms. The van der Waals surface area contributed by atoms with E-state index in [0.717, 1.165) is 18.2 Å². The van der Waals surface area contributed by atoms with E-state index < -0.39 is 0 Å². The van der Waals surface area contributed by atoms with Gasteiger partial charge >= 0.3 is 0 Å². The lowest BCUT2D eigenvalue weighted by Crippen LogP contribution is -2.09. The van der Waals surface area contributed by atoms with Gasteiger partial charge in [0.25, 0.3) is 0 Å². The van der Waals surface area contributed by atoms with Gasteiger partial charge in [-0.1, -0.05) is 0 Å². The van der Waals surface area contributed by atoms with Crippen LogP contribution in [0.1, 0.15) is 18.1 Å². The van der Waals surface area contributed by atoms with Gasteiger partial charge < -0.3 is 9.73 Å². The molecule has 1 aliphatic carbocycles. The minimum atomic E-state index is 0.692. The number of furan rings is 1. The van der Waals surface area contributed by atoms with Crippen LogP contribution in [0, 0.1) is 5.92 Å². The topological polar surface area (TPSA) is 25.2 Å². The van der Waals surface area contributed by atoms with E-state index in [0.29, 0.717) is 5.92 Å². The SMILES string of the molecule is CNC[C@@H]1C[C@@H]1c1ccco1. The number of hydrogen-bond donors (Lipinski definition) is 1. The Hall–Kier alpha value is -0.760. The number of hydrogen-bond acceptors (Lipinski definition) is 2. The van der Waals surface area contributed by atoms with Crippen molar-refractivity contribution in [3.05, 3.63) is 24.2 Å². The quantitative estimate of drug-likeness (QED) is 0.709. The first-order valence-electron chi connectivity index (χ1n) is 4.10. The van der Waals surface area contributed by atoms with Gasteiger partial charge in [0.05, 0.1) is 6.26 Å². The average molecular weight is 151 g/mol. The molecule has 1 fully saturated rings. The molecule has 0 amide bonds. The third-order valence-corrected chi connectivity index (χ3v) is 2.30. The number of nitrogens with one attached hydrogen (secondary N) is 1. The molecule has 2 rings (SSSR count). The molecular formula is C9H13NO. The summed E-state index contributed by atoms with van der Waals surface area (Å²) < 4.78 is 5.31. The fraction of sp³-hybridized carbons (Fsp3) is 0.556. The predicted octanol–water partition coefficient (Wildman–Crippen LogP) is 1.60. The molecule has 0 bridgehead atoms. The van der Waals surface area contributed by atoms with E-state index in [4.69, 9.17) is 4.42 Å². The minimum absolute atomic E-state index is 0.692. The first kappa shape index (κ1) is 6.92. The Kier molecular flexibility index (Phi) is 1.70. The molecule has 0 aliphatic heterocycles. The Morgan fingerprint density at radius 3 is 3.27 bits per heavy atom. The van der Waals surface area contributed by atoms with E-state index in [9.17, 15) is 0 Å². The van der Waals surface area contributed by atoms with Crippen molar-refractivity contribution < 1.29 is 4.42 Å². The second kappa shape index (κ2) is 2.70. The van der Waals surface area contributed by atoms with E-state index in [-0.39, 0.29) is 0 Å². The van der Waals surface area contributed by atoms with Crippen LogP contribution in [-0.4, -0.2) is 13.6 Å². The Morgan fingerprint density at radius 2 is 2.64 bits per heavy atom. The first-order chi connectivity index (χ1) is 5.42. The summed E-state index contributed by atoms with van der Waals surface area (Å²) in [5, 5.41) is 3.18. The van der Waals surface area contributed by atoms with Gasteiger partial charge in [0.2, 0.25) is 0 Å². The smallest absolute Gasteiger partial charge is 0.107 e. The van der Waals surface area contributed by atoms with Gasteiger partial charge in [0, 0.05) is 5.92 Å². The molecule has 60 valence electrons. The van der Waals surface area contributed by atoms with Crippen molar-refractivity contribution in [3.8, 4) is 0 Å². The van der Waals surface area contributed by atoms with Gasteiger partial charge in [-0.15, -0.1) is 0 Å². The van der Waals surface area contributed by atoms with E-state index >= 15 is 0 Å². The third kappa shape index (κ3) is 1.31. The van der Waals surface area contributed by atoms with Crippen LogP contribution in [0.5, 0.6) is 0 Å². The van der Waals surface area contributed by atoms with Gasteiger partial charge in [-0.05, 0) is 38.1 Å². The van der Waals surface area contributed by atoms with Crippen molar-refractivity contribution in [2.75, 3.05) is 13.6 Å². The Bertz CT molecular complexity index is 217. The van der Waals surface area contributed by atoms with E-state index in [1.165, 1.54) is 6.42 Å². The fourth-order valence-electron chi connectivity index (χ4n) is 1.59. The zero-order valence-corrected chi connectivity index (χ0v) is 6.71. The monoisotopic (exact) mass is 151 g/mol. The summed E-state index contributed by atoms with van der Waals surface area (Å²) in [6, 6.07) is 4.03.